The van der Waals surface area contributed by atoms with Gasteiger partial charge in [-0.3, -0.25) is 9.59 Å². The molecule has 1 atom stereocenters. The number of nitrogens with zero attached hydrogens (tertiary/aromatic N) is 2. The maximum absolute atomic E-state index is 13.1. The van der Waals surface area contributed by atoms with Gasteiger partial charge < -0.3 is 20.1 Å². The molecule has 0 aliphatic carbocycles. The van der Waals surface area contributed by atoms with Crippen molar-refractivity contribution in [3.05, 3.63) is 53.7 Å². The van der Waals surface area contributed by atoms with Crippen molar-refractivity contribution in [3.8, 4) is 22.6 Å². The third-order valence-electron chi connectivity index (χ3n) is 4.85. The lowest BCUT2D eigenvalue weighted by atomic mass is 10.1. The number of benzene rings is 2. The van der Waals surface area contributed by atoms with E-state index in [1.54, 1.807) is 36.5 Å². The molecule has 154 valence electrons. The second-order valence-electron chi connectivity index (χ2n) is 6.68. The number of anilines is 2. The second-order valence-corrected chi connectivity index (χ2v) is 7.12. The fourth-order valence-electron chi connectivity index (χ4n) is 3.34. The minimum absolute atomic E-state index is 0.0349. The van der Waals surface area contributed by atoms with Crippen LogP contribution >= 0.6 is 11.6 Å². The number of carbonyl (C=O) groups is 2. The summed E-state index contributed by atoms with van der Waals surface area (Å²) >= 11 is 5.97. The summed E-state index contributed by atoms with van der Waals surface area (Å²) in [7, 11) is 3.04. The Labute approximate surface area is 177 Å². The number of carbonyl (C=O) groups excluding carboxylic acids is 2. The van der Waals surface area contributed by atoms with Crippen molar-refractivity contribution in [1.29, 1.82) is 0 Å². The Morgan fingerprint density at radius 1 is 1.20 bits per heavy atom. The van der Waals surface area contributed by atoms with Crippen molar-refractivity contribution in [3.63, 3.8) is 0 Å². The molecule has 2 N–H and O–H groups in total. The molecular weight excluding hydrogens is 408 g/mol. The van der Waals surface area contributed by atoms with Crippen LogP contribution in [0.4, 0.5) is 11.5 Å². The van der Waals surface area contributed by atoms with Crippen LogP contribution in [0.5, 0.6) is 11.5 Å². The molecule has 0 saturated carbocycles. The first kappa shape index (κ1) is 19.8. The standard InChI is InChI=1S/C21H19ClN4O4/c1-29-14-7-8-18(30-2)16(9-14)24-21(28)17-10-19(27)25-20-15(11-23-26(17)20)12-3-5-13(22)6-4-12/h3-9,11,17H,10H2,1-2H3,(H,24,28)(H,25,27)/t17-/m0/s1. The Bertz CT molecular complexity index is 1110. The summed E-state index contributed by atoms with van der Waals surface area (Å²) in [5, 5.41) is 10.6. The lowest BCUT2D eigenvalue weighted by Crippen LogP contribution is -2.35. The van der Waals surface area contributed by atoms with Gasteiger partial charge >= 0.3 is 0 Å². The number of aromatic nitrogens is 2. The predicted octanol–water partition coefficient (Wildman–Crippen LogP) is 3.74. The molecule has 2 aromatic carbocycles. The Kier molecular flexibility index (Phi) is 5.33. The van der Waals surface area contributed by atoms with Gasteiger partial charge in [0.15, 0.2) is 0 Å². The minimum atomic E-state index is -0.814. The van der Waals surface area contributed by atoms with Crippen LogP contribution < -0.4 is 20.1 Å². The fraction of sp³-hybridized carbons (Fsp3) is 0.190. The zero-order valence-corrected chi connectivity index (χ0v) is 17.1. The van der Waals surface area contributed by atoms with Gasteiger partial charge in [-0.25, -0.2) is 4.68 Å². The van der Waals surface area contributed by atoms with Crippen LogP contribution in [0.3, 0.4) is 0 Å². The monoisotopic (exact) mass is 426 g/mol. The Hall–Kier alpha value is -3.52. The predicted molar refractivity (Wildman–Crippen MR) is 113 cm³/mol. The van der Waals surface area contributed by atoms with Crippen LogP contribution in [0.15, 0.2) is 48.7 Å². The van der Waals surface area contributed by atoms with Gasteiger partial charge in [0.25, 0.3) is 0 Å². The zero-order chi connectivity index (χ0) is 21.3. The summed E-state index contributed by atoms with van der Waals surface area (Å²) in [5.41, 5.74) is 1.98. The Balaban J connectivity index is 1.66. The quantitative estimate of drug-likeness (QED) is 0.648. The lowest BCUT2D eigenvalue weighted by molar-refractivity contribution is -0.125. The normalized spacial score (nSPS) is 15.2. The van der Waals surface area contributed by atoms with Crippen molar-refractivity contribution in [2.45, 2.75) is 12.5 Å². The summed E-state index contributed by atoms with van der Waals surface area (Å²) in [6.45, 7) is 0. The average Bonchev–Trinajstić information content (AvgIpc) is 3.17. The highest BCUT2D eigenvalue weighted by Gasteiger charge is 2.33. The molecule has 0 spiro atoms. The van der Waals surface area contributed by atoms with Crippen LogP contribution in [0, 0.1) is 0 Å². The molecule has 4 rings (SSSR count). The van der Waals surface area contributed by atoms with Gasteiger partial charge in [-0.15, -0.1) is 0 Å². The maximum atomic E-state index is 13.1. The minimum Gasteiger partial charge on any atom is -0.497 e. The summed E-state index contributed by atoms with van der Waals surface area (Å²) in [6.07, 6.45) is 1.59. The highest BCUT2D eigenvalue weighted by atomic mass is 35.5. The first-order valence-electron chi connectivity index (χ1n) is 9.16. The molecule has 0 unspecified atom stereocenters. The van der Waals surface area contributed by atoms with E-state index in [2.05, 4.69) is 15.7 Å². The van der Waals surface area contributed by atoms with E-state index >= 15 is 0 Å². The number of hydrogen-bond donors (Lipinski definition) is 2. The molecule has 1 aliphatic rings. The third kappa shape index (κ3) is 3.69. The van der Waals surface area contributed by atoms with E-state index in [9.17, 15) is 9.59 Å². The highest BCUT2D eigenvalue weighted by molar-refractivity contribution is 6.30. The van der Waals surface area contributed by atoms with E-state index in [-0.39, 0.29) is 18.2 Å². The van der Waals surface area contributed by atoms with Crippen LogP contribution in [0.25, 0.3) is 11.1 Å². The molecule has 1 aromatic heterocycles. The molecule has 0 fully saturated rings. The molecule has 2 amide bonds. The third-order valence-corrected chi connectivity index (χ3v) is 5.10. The van der Waals surface area contributed by atoms with Crippen LogP contribution in [0.2, 0.25) is 5.02 Å². The van der Waals surface area contributed by atoms with E-state index in [4.69, 9.17) is 21.1 Å². The number of amides is 2. The first-order chi connectivity index (χ1) is 14.5. The molecule has 9 heteroatoms. The van der Waals surface area contributed by atoms with Crippen molar-refractivity contribution < 1.29 is 19.1 Å². The zero-order valence-electron chi connectivity index (χ0n) is 16.3. The number of rotatable bonds is 5. The number of fused-ring (bicyclic) bond motifs is 1. The molecule has 3 aromatic rings. The molecular formula is C21H19ClN4O4. The molecule has 2 heterocycles. The van der Waals surface area contributed by atoms with Crippen molar-refractivity contribution in [1.82, 2.24) is 9.78 Å². The van der Waals surface area contributed by atoms with Crippen LogP contribution in [-0.4, -0.2) is 35.8 Å². The van der Waals surface area contributed by atoms with Gasteiger partial charge in [-0.1, -0.05) is 23.7 Å². The number of ether oxygens (including phenoxy) is 2. The molecule has 8 nitrogen and oxygen atoms in total. The summed E-state index contributed by atoms with van der Waals surface area (Å²) in [6, 6.07) is 11.4. The van der Waals surface area contributed by atoms with Crippen LogP contribution in [0.1, 0.15) is 12.5 Å². The Morgan fingerprint density at radius 3 is 2.67 bits per heavy atom. The summed E-state index contributed by atoms with van der Waals surface area (Å²) in [4.78, 5) is 25.4. The van der Waals surface area contributed by atoms with Gasteiger partial charge in [0.1, 0.15) is 23.4 Å². The Morgan fingerprint density at radius 2 is 1.97 bits per heavy atom. The average molecular weight is 427 g/mol. The number of methoxy groups -OCH3 is 2. The van der Waals surface area contributed by atoms with E-state index in [0.29, 0.717) is 33.6 Å². The number of hydrogen-bond acceptors (Lipinski definition) is 5. The van der Waals surface area contributed by atoms with Gasteiger partial charge in [-0.2, -0.15) is 5.10 Å². The van der Waals surface area contributed by atoms with E-state index < -0.39 is 6.04 Å². The van der Waals surface area contributed by atoms with E-state index in [0.717, 1.165) is 5.56 Å². The lowest BCUT2D eigenvalue weighted by Gasteiger charge is -2.25. The largest absolute Gasteiger partial charge is 0.497 e. The molecule has 0 saturated heterocycles. The maximum Gasteiger partial charge on any atom is 0.249 e. The van der Waals surface area contributed by atoms with Crippen molar-refractivity contribution >= 4 is 34.9 Å². The first-order valence-corrected chi connectivity index (χ1v) is 9.54. The second kappa shape index (κ2) is 8.08. The van der Waals surface area contributed by atoms with Gasteiger partial charge in [0, 0.05) is 16.7 Å². The highest BCUT2D eigenvalue weighted by Crippen LogP contribution is 2.36. The van der Waals surface area contributed by atoms with Crippen molar-refractivity contribution in [2.24, 2.45) is 0 Å². The van der Waals surface area contributed by atoms with Gasteiger partial charge in [0.05, 0.1) is 32.5 Å². The van der Waals surface area contributed by atoms with Gasteiger partial charge in [-0.05, 0) is 29.8 Å². The molecule has 30 heavy (non-hydrogen) atoms. The van der Waals surface area contributed by atoms with Crippen molar-refractivity contribution in [2.75, 3.05) is 24.9 Å². The summed E-state index contributed by atoms with van der Waals surface area (Å²) in [5.74, 6) is 0.856. The van der Waals surface area contributed by atoms with Gasteiger partial charge in [0.2, 0.25) is 11.8 Å². The van der Waals surface area contributed by atoms with E-state index in [1.807, 2.05) is 12.1 Å². The smallest absolute Gasteiger partial charge is 0.249 e. The fourth-order valence-corrected chi connectivity index (χ4v) is 3.47. The number of halogens is 1. The van der Waals surface area contributed by atoms with Crippen LogP contribution in [-0.2, 0) is 9.59 Å². The molecule has 0 bridgehead atoms. The molecule has 0 radical (unpaired) electrons. The SMILES string of the molecule is COc1ccc(OC)c(NC(=O)[C@@H]2CC(=O)Nc3c(-c4ccc(Cl)cc4)cnn32)c1. The number of nitrogens with one attached hydrogen (secondary N) is 2. The van der Waals surface area contributed by atoms with E-state index in [1.165, 1.54) is 18.9 Å². The molecule has 1 aliphatic heterocycles. The summed E-state index contributed by atoms with van der Waals surface area (Å²) < 4.78 is 12.1. The topological polar surface area (TPSA) is 94.5 Å².